The number of amides is 1. The first kappa shape index (κ1) is 21.2. The number of hydrogen-bond donors (Lipinski definition) is 1. The summed E-state index contributed by atoms with van der Waals surface area (Å²) in [5.41, 5.74) is -0.278. The molecular weight excluding hydrogens is 400 g/mol. The summed E-state index contributed by atoms with van der Waals surface area (Å²) in [5.74, 6) is 1.56. The van der Waals surface area contributed by atoms with Crippen molar-refractivity contribution in [3.05, 3.63) is 40.8 Å². The van der Waals surface area contributed by atoms with Crippen LogP contribution in [0.25, 0.3) is 0 Å². The summed E-state index contributed by atoms with van der Waals surface area (Å²) in [6.45, 7) is 6.87. The van der Waals surface area contributed by atoms with Gasteiger partial charge in [0.1, 0.15) is 6.54 Å². The van der Waals surface area contributed by atoms with E-state index >= 15 is 0 Å². The lowest BCUT2D eigenvalue weighted by Crippen LogP contribution is -2.50. The fourth-order valence-electron chi connectivity index (χ4n) is 3.92. The van der Waals surface area contributed by atoms with Crippen LogP contribution in [-0.2, 0) is 11.3 Å². The number of rotatable bonds is 6. The maximum Gasteiger partial charge on any atom is 0.267 e. The van der Waals surface area contributed by atoms with Gasteiger partial charge >= 0.3 is 0 Å². The Hall–Kier alpha value is -3.05. The Morgan fingerprint density at radius 3 is 2.06 bits per heavy atom. The molecule has 0 radical (unpaired) electrons. The van der Waals surface area contributed by atoms with E-state index in [-0.39, 0.29) is 24.6 Å². The van der Waals surface area contributed by atoms with Crippen molar-refractivity contribution in [1.82, 2.24) is 29.8 Å². The molecule has 4 rings (SSSR count). The maximum atomic E-state index is 12.5. The highest BCUT2D eigenvalue weighted by atomic mass is 16.3. The van der Waals surface area contributed by atoms with Gasteiger partial charge in [0.25, 0.3) is 5.56 Å². The van der Waals surface area contributed by atoms with Gasteiger partial charge in [-0.3, -0.25) is 14.5 Å². The van der Waals surface area contributed by atoms with Crippen molar-refractivity contribution in [2.45, 2.75) is 6.54 Å². The molecule has 0 atom stereocenters. The molecule has 0 aromatic carbocycles. The van der Waals surface area contributed by atoms with Gasteiger partial charge < -0.3 is 19.8 Å². The molecule has 2 fully saturated rings. The van der Waals surface area contributed by atoms with Crippen molar-refractivity contribution in [2.24, 2.45) is 0 Å². The molecule has 0 saturated carbocycles. The normalized spacial score (nSPS) is 17.8. The third-order valence-electron chi connectivity index (χ3n) is 5.78. The minimum Gasteiger partial charge on any atom is -0.395 e. The lowest BCUT2D eigenvalue weighted by molar-refractivity contribution is -0.132. The number of piperazine rings is 2. The molecule has 0 bridgehead atoms. The summed E-state index contributed by atoms with van der Waals surface area (Å²) < 4.78 is 1.18. The first-order valence-electron chi connectivity index (χ1n) is 10.6. The van der Waals surface area contributed by atoms with Crippen molar-refractivity contribution in [3.8, 4) is 0 Å². The second-order valence-electron chi connectivity index (χ2n) is 7.69. The number of aromatic nitrogens is 4. The summed E-state index contributed by atoms with van der Waals surface area (Å²) in [5, 5.41) is 21.8. The van der Waals surface area contributed by atoms with Crippen LogP contribution in [0.15, 0.2) is 35.3 Å². The molecule has 2 aromatic heterocycles. The number of aliphatic hydroxyl groups is 1. The van der Waals surface area contributed by atoms with E-state index in [2.05, 4.69) is 30.0 Å². The van der Waals surface area contributed by atoms with Crippen LogP contribution in [0.5, 0.6) is 0 Å². The highest BCUT2D eigenvalue weighted by Gasteiger charge is 2.23. The van der Waals surface area contributed by atoms with Crippen LogP contribution >= 0.6 is 0 Å². The van der Waals surface area contributed by atoms with E-state index in [4.69, 9.17) is 5.11 Å². The van der Waals surface area contributed by atoms with Crippen LogP contribution in [0, 0.1) is 0 Å². The Morgan fingerprint density at radius 2 is 1.52 bits per heavy atom. The number of anilines is 2. The molecule has 11 nitrogen and oxygen atoms in total. The Kier molecular flexibility index (Phi) is 6.73. The Labute approximate surface area is 180 Å². The van der Waals surface area contributed by atoms with Gasteiger partial charge in [-0.05, 0) is 18.2 Å². The summed E-state index contributed by atoms with van der Waals surface area (Å²) >= 11 is 0. The number of carbonyl (C=O) groups is 1. The Morgan fingerprint density at radius 1 is 0.903 bits per heavy atom. The van der Waals surface area contributed by atoms with Crippen LogP contribution in [0.2, 0.25) is 0 Å². The molecule has 11 heteroatoms. The van der Waals surface area contributed by atoms with Crippen molar-refractivity contribution in [3.63, 3.8) is 0 Å². The summed E-state index contributed by atoms with van der Waals surface area (Å²) in [7, 11) is 0. The third-order valence-corrected chi connectivity index (χ3v) is 5.78. The van der Waals surface area contributed by atoms with Crippen LogP contribution < -0.4 is 15.4 Å². The Bertz CT molecular complexity index is 919. The zero-order chi connectivity index (χ0) is 21.6. The van der Waals surface area contributed by atoms with Crippen molar-refractivity contribution in [2.75, 3.05) is 75.3 Å². The van der Waals surface area contributed by atoms with Crippen LogP contribution in [0.3, 0.4) is 0 Å². The van der Waals surface area contributed by atoms with Crippen LogP contribution in [0.4, 0.5) is 11.6 Å². The third kappa shape index (κ3) is 5.17. The fraction of sp³-hybridized carbons (Fsp3) is 0.550. The number of aliphatic hydroxyl groups excluding tert-OH is 1. The average Bonchev–Trinajstić information content (AvgIpc) is 2.81. The van der Waals surface area contributed by atoms with Gasteiger partial charge in [-0.15, -0.1) is 10.2 Å². The lowest BCUT2D eigenvalue weighted by Gasteiger charge is -2.36. The molecule has 2 aliphatic heterocycles. The van der Waals surface area contributed by atoms with E-state index in [1.165, 1.54) is 16.9 Å². The smallest absolute Gasteiger partial charge is 0.267 e. The standard InChI is InChI=1S/C20H28N8O3/c29-15-14-24-6-8-25(9-7-24)17-3-4-18(23-22-17)26-10-12-27(13-11-26)20(31)16-28-19(30)2-1-5-21-28/h1-5,29H,6-16H2. The molecule has 2 aliphatic rings. The van der Waals surface area contributed by atoms with E-state index in [9.17, 15) is 9.59 Å². The van der Waals surface area contributed by atoms with Gasteiger partial charge in [-0.1, -0.05) is 0 Å². The lowest BCUT2D eigenvalue weighted by atomic mass is 10.3. The van der Waals surface area contributed by atoms with E-state index in [1.54, 1.807) is 11.0 Å². The zero-order valence-corrected chi connectivity index (χ0v) is 17.5. The summed E-state index contributed by atoms with van der Waals surface area (Å²) in [6.07, 6.45) is 1.50. The van der Waals surface area contributed by atoms with Gasteiger partial charge in [-0.25, -0.2) is 4.68 Å². The zero-order valence-electron chi connectivity index (χ0n) is 17.5. The number of hydrogen-bond acceptors (Lipinski definition) is 9. The first-order chi connectivity index (χ1) is 15.1. The predicted molar refractivity (Wildman–Crippen MR) is 115 cm³/mol. The monoisotopic (exact) mass is 428 g/mol. The summed E-state index contributed by atoms with van der Waals surface area (Å²) in [6, 6.07) is 6.93. The SMILES string of the molecule is O=C(Cn1ncccc1=O)N1CCN(c2ccc(N3CCN(CCO)CC3)nn2)CC1. The quantitative estimate of drug-likeness (QED) is 0.587. The topological polar surface area (TPSA) is 111 Å². The van der Waals surface area contributed by atoms with Crippen LogP contribution in [0.1, 0.15) is 0 Å². The molecule has 1 N–H and O–H groups in total. The van der Waals surface area contributed by atoms with E-state index in [0.717, 1.165) is 37.8 Å². The molecule has 31 heavy (non-hydrogen) atoms. The molecule has 2 saturated heterocycles. The van der Waals surface area contributed by atoms with Crippen molar-refractivity contribution >= 4 is 17.5 Å². The van der Waals surface area contributed by atoms with Crippen LogP contribution in [-0.4, -0.2) is 106 Å². The highest BCUT2D eigenvalue weighted by Crippen LogP contribution is 2.18. The number of nitrogens with zero attached hydrogens (tertiary/aromatic N) is 8. The number of carbonyl (C=O) groups excluding carboxylic acids is 1. The molecule has 0 spiro atoms. The van der Waals surface area contributed by atoms with Gasteiger partial charge in [0.2, 0.25) is 5.91 Å². The van der Waals surface area contributed by atoms with Crippen molar-refractivity contribution < 1.29 is 9.90 Å². The minimum atomic E-state index is -0.278. The second kappa shape index (κ2) is 9.84. The average molecular weight is 428 g/mol. The molecule has 0 unspecified atom stereocenters. The minimum absolute atomic E-state index is 0.0419. The highest BCUT2D eigenvalue weighted by molar-refractivity contribution is 5.76. The molecule has 0 aliphatic carbocycles. The van der Waals surface area contributed by atoms with E-state index in [0.29, 0.717) is 32.7 Å². The maximum absolute atomic E-state index is 12.5. The number of β-amino-alcohol motifs (C(OH)–C–C–N with tert-alkyl or cyclic N) is 1. The van der Waals surface area contributed by atoms with E-state index in [1.807, 2.05) is 12.1 Å². The molecule has 166 valence electrons. The molecule has 2 aromatic rings. The van der Waals surface area contributed by atoms with Gasteiger partial charge in [0.15, 0.2) is 11.6 Å². The van der Waals surface area contributed by atoms with Gasteiger partial charge in [0.05, 0.1) is 6.61 Å². The fourth-order valence-corrected chi connectivity index (χ4v) is 3.92. The van der Waals surface area contributed by atoms with Gasteiger partial charge in [-0.2, -0.15) is 5.10 Å². The molecule has 1 amide bonds. The molecular formula is C20H28N8O3. The Balaban J connectivity index is 1.27. The van der Waals surface area contributed by atoms with E-state index < -0.39 is 0 Å². The van der Waals surface area contributed by atoms with Crippen molar-refractivity contribution in [1.29, 1.82) is 0 Å². The molecule has 4 heterocycles. The second-order valence-corrected chi connectivity index (χ2v) is 7.69. The predicted octanol–water partition coefficient (Wildman–Crippen LogP) is -1.50. The summed E-state index contributed by atoms with van der Waals surface area (Å²) in [4.78, 5) is 32.6. The van der Waals surface area contributed by atoms with Gasteiger partial charge in [0, 0.05) is 71.2 Å². The largest absolute Gasteiger partial charge is 0.395 e. The first-order valence-corrected chi connectivity index (χ1v) is 10.6.